The average molecular weight is 345 g/mol. The highest BCUT2D eigenvalue weighted by molar-refractivity contribution is 7.71. The molecular weight excluding hydrogens is 332 g/mol. The molecule has 0 atom stereocenters. The summed E-state index contributed by atoms with van der Waals surface area (Å²) >= 11 is 11.2. The van der Waals surface area contributed by atoms with Crippen molar-refractivity contribution in [2.45, 2.75) is 0 Å². The maximum Gasteiger partial charge on any atom is 0.216 e. The van der Waals surface area contributed by atoms with Gasteiger partial charge in [-0.25, -0.2) is 5.10 Å². The zero-order chi connectivity index (χ0) is 16.2. The van der Waals surface area contributed by atoms with Crippen LogP contribution in [0.5, 0.6) is 5.75 Å². The van der Waals surface area contributed by atoms with E-state index < -0.39 is 0 Å². The Hall–Kier alpha value is -2.44. The molecule has 7 heteroatoms. The smallest absolute Gasteiger partial charge is 0.216 e. The monoisotopic (exact) mass is 344 g/mol. The largest absolute Gasteiger partial charge is 0.497 e. The number of methoxy groups -OCH3 is 1. The van der Waals surface area contributed by atoms with Crippen LogP contribution >= 0.6 is 23.8 Å². The molecule has 1 aromatic heterocycles. The van der Waals surface area contributed by atoms with Crippen LogP contribution in [0.25, 0.3) is 11.4 Å². The van der Waals surface area contributed by atoms with Crippen LogP contribution in [0, 0.1) is 4.77 Å². The second-order valence-electron chi connectivity index (χ2n) is 4.69. The van der Waals surface area contributed by atoms with Gasteiger partial charge in [-0.1, -0.05) is 11.6 Å². The van der Waals surface area contributed by atoms with Gasteiger partial charge in [0.05, 0.1) is 13.3 Å². The van der Waals surface area contributed by atoms with Gasteiger partial charge in [-0.15, -0.1) is 0 Å². The Kier molecular flexibility index (Phi) is 4.55. The van der Waals surface area contributed by atoms with Gasteiger partial charge in [-0.05, 0) is 66.3 Å². The van der Waals surface area contributed by atoms with Crippen molar-refractivity contribution < 1.29 is 4.74 Å². The third-order valence-electron chi connectivity index (χ3n) is 3.19. The summed E-state index contributed by atoms with van der Waals surface area (Å²) in [5, 5.41) is 12.1. The summed E-state index contributed by atoms with van der Waals surface area (Å²) in [7, 11) is 1.63. The van der Waals surface area contributed by atoms with E-state index in [0.717, 1.165) is 16.9 Å². The Morgan fingerprint density at radius 3 is 2.52 bits per heavy atom. The minimum Gasteiger partial charge on any atom is -0.497 e. The SMILES string of the molecule is COc1ccc(C=Nn2c(-c3ccc(Cl)cc3)n[nH]c2=S)cc1. The van der Waals surface area contributed by atoms with Gasteiger partial charge in [-0.2, -0.15) is 14.9 Å². The number of aromatic amines is 1. The molecule has 2 aromatic carbocycles. The van der Waals surface area contributed by atoms with Crippen molar-refractivity contribution in [2.75, 3.05) is 7.11 Å². The number of H-pyrrole nitrogens is 1. The molecule has 1 N–H and O–H groups in total. The standard InChI is InChI=1S/C16H13ClN4OS/c1-22-14-8-2-11(3-9-14)10-18-21-15(19-20-16(21)23)12-4-6-13(17)7-5-12/h2-10H,1H3,(H,20,23). The molecule has 0 fully saturated rings. The Morgan fingerprint density at radius 1 is 1.17 bits per heavy atom. The van der Waals surface area contributed by atoms with Crippen molar-refractivity contribution in [3.8, 4) is 17.1 Å². The van der Waals surface area contributed by atoms with E-state index in [-0.39, 0.29) is 0 Å². The molecule has 23 heavy (non-hydrogen) atoms. The van der Waals surface area contributed by atoms with Gasteiger partial charge in [-0.3, -0.25) is 0 Å². The molecule has 116 valence electrons. The van der Waals surface area contributed by atoms with E-state index in [1.807, 2.05) is 36.4 Å². The topological polar surface area (TPSA) is 55.2 Å². The maximum absolute atomic E-state index is 5.91. The number of nitrogens with one attached hydrogen (secondary N) is 1. The van der Waals surface area contributed by atoms with Crippen LogP contribution in [0.4, 0.5) is 0 Å². The number of nitrogens with zero attached hydrogens (tertiary/aromatic N) is 3. The summed E-state index contributed by atoms with van der Waals surface area (Å²) in [6.45, 7) is 0. The van der Waals surface area contributed by atoms with Crippen molar-refractivity contribution in [1.82, 2.24) is 14.9 Å². The lowest BCUT2D eigenvalue weighted by Gasteiger charge is -2.02. The Morgan fingerprint density at radius 2 is 1.87 bits per heavy atom. The maximum atomic E-state index is 5.91. The van der Waals surface area contributed by atoms with Crippen LogP contribution < -0.4 is 4.74 Å². The summed E-state index contributed by atoms with van der Waals surface area (Å²) in [5.41, 5.74) is 1.80. The average Bonchev–Trinajstić information content (AvgIpc) is 2.95. The summed E-state index contributed by atoms with van der Waals surface area (Å²) < 4.78 is 7.12. The van der Waals surface area contributed by atoms with Crippen LogP contribution in [0.3, 0.4) is 0 Å². The van der Waals surface area contributed by atoms with E-state index >= 15 is 0 Å². The fourth-order valence-corrected chi connectivity index (χ4v) is 2.30. The normalized spacial score (nSPS) is 11.0. The van der Waals surface area contributed by atoms with E-state index in [2.05, 4.69) is 15.3 Å². The van der Waals surface area contributed by atoms with Crippen LogP contribution in [0.2, 0.25) is 5.02 Å². The van der Waals surface area contributed by atoms with Gasteiger partial charge in [0, 0.05) is 10.6 Å². The Bertz CT molecular complexity index is 882. The van der Waals surface area contributed by atoms with Crippen molar-refractivity contribution in [1.29, 1.82) is 0 Å². The van der Waals surface area contributed by atoms with E-state index in [0.29, 0.717) is 15.6 Å². The molecule has 3 rings (SSSR count). The predicted octanol–water partition coefficient (Wildman–Crippen LogP) is 4.15. The highest BCUT2D eigenvalue weighted by atomic mass is 35.5. The lowest BCUT2D eigenvalue weighted by atomic mass is 10.2. The van der Waals surface area contributed by atoms with E-state index in [1.54, 1.807) is 30.1 Å². The molecule has 0 unspecified atom stereocenters. The number of halogens is 1. The summed E-state index contributed by atoms with van der Waals surface area (Å²) in [6.07, 6.45) is 1.71. The van der Waals surface area contributed by atoms with Crippen molar-refractivity contribution in [2.24, 2.45) is 5.10 Å². The number of hydrogen-bond donors (Lipinski definition) is 1. The fraction of sp³-hybridized carbons (Fsp3) is 0.0625. The molecule has 0 radical (unpaired) electrons. The lowest BCUT2D eigenvalue weighted by Crippen LogP contribution is -1.95. The quantitative estimate of drug-likeness (QED) is 0.571. The summed E-state index contributed by atoms with van der Waals surface area (Å²) in [5.74, 6) is 1.42. The number of rotatable bonds is 4. The molecule has 0 aliphatic rings. The molecule has 5 nitrogen and oxygen atoms in total. The zero-order valence-corrected chi connectivity index (χ0v) is 13.8. The number of benzene rings is 2. The Balaban J connectivity index is 1.93. The molecule has 0 aliphatic heterocycles. The van der Waals surface area contributed by atoms with Gasteiger partial charge in [0.25, 0.3) is 0 Å². The second kappa shape index (κ2) is 6.76. The van der Waals surface area contributed by atoms with E-state index in [9.17, 15) is 0 Å². The van der Waals surface area contributed by atoms with Crippen LogP contribution in [-0.2, 0) is 0 Å². The zero-order valence-electron chi connectivity index (χ0n) is 12.2. The predicted molar refractivity (Wildman–Crippen MR) is 93.8 cm³/mol. The minimum atomic E-state index is 0.416. The minimum absolute atomic E-state index is 0.416. The highest BCUT2D eigenvalue weighted by Crippen LogP contribution is 2.20. The van der Waals surface area contributed by atoms with Crippen molar-refractivity contribution in [3.05, 3.63) is 63.9 Å². The number of ether oxygens (including phenoxy) is 1. The number of hydrogen-bond acceptors (Lipinski definition) is 4. The van der Waals surface area contributed by atoms with Gasteiger partial charge in [0.15, 0.2) is 5.82 Å². The molecular formula is C16H13ClN4OS. The third kappa shape index (κ3) is 3.49. The molecule has 0 bridgehead atoms. The third-order valence-corrected chi connectivity index (χ3v) is 3.71. The van der Waals surface area contributed by atoms with Crippen LogP contribution in [0.1, 0.15) is 5.56 Å². The first kappa shape index (κ1) is 15.5. The van der Waals surface area contributed by atoms with Gasteiger partial charge in [0.2, 0.25) is 4.77 Å². The van der Waals surface area contributed by atoms with Gasteiger partial charge >= 0.3 is 0 Å². The molecule has 0 spiro atoms. The van der Waals surface area contributed by atoms with Crippen LogP contribution in [-0.4, -0.2) is 28.2 Å². The molecule has 0 saturated carbocycles. The first-order valence-electron chi connectivity index (χ1n) is 6.79. The van der Waals surface area contributed by atoms with E-state index in [4.69, 9.17) is 28.6 Å². The molecule has 0 aliphatic carbocycles. The van der Waals surface area contributed by atoms with Gasteiger partial charge in [0.1, 0.15) is 5.75 Å². The van der Waals surface area contributed by atoms with Crippen molar-refractivity contribution >= 4 is 30.0 Å². The van der Waals surface area contributed by atoms with E-state index in [1.165, 1.54) is 0 Å². The highest BCUT2D eigenvalue weighted by Gasteiger charge is 2.07. The molecule has 0 amide bonds. The molecule has 3 aromatic rings. The Labute approximate surface area is 143 Å². The van der Waals surface area contributed by atoms with Crippen LogP contribution in [0.15, 0.2) is 53.6 Å². The lowest BCUT2D eigenvalue weighted by molar-refractivity contribution is 0.415. The molecule has 0 saturated heterocycles. The van der Waals surface area contributed by atoms with Crippen molar-refractivity contribution in [3.63, 3.8) is 0 Å². The first-order chi connectivity index (χ1) is 11.2. The second-order valence-corrected chi connectivity index (χ2v) is 5.51. The fourth-order valence-electron chi connectivity index (χ4n) is 2.00. The van der Waals surface area contributed by atoms with Gasteiger partial charge < -0.3 is 4.74 Å². The summed E-state index contributed by atoms with van der Waals surface area (Å²) in [4.78, 5) is 0. The first-order valence-corrected chi connectivity index (χ1v) is 7.58. The molecule has 1 heterocycles. The summed E-state index contributed by atoms with van der Waals surface area (Å²) in [6, 6.07) is 14.9. The number of aromatic nitrogens is 3.